The number of benzene rings is 5. The highest BCUT2D eigenvalue weighted by Crippen LogP contribution is 2.39. The first kappa shape index (κ1) is 40.6. The SMILES string of the molecule is COc1cc2nccc(Oc3ccc(N4CCCC4=O)cc3F)c2cc1OC.COc1cc2nccc(Oc3ccc(OC(=O)NCc4ccccc4)cc3)c2cc1OC. The number of ether oxygens (including phenoxy) is 7. The summed E-state index contributed by atoms with van der Waals surface area (Å²) in [7, 11) is 6.25. The van der Waals surface area contributed by atoms with E-state index in [2.05, 4.69) is 15.3 Å². The number of carbonyl (C=O) groups is 2. The molecule has 0 aliphatic carbocycles. The molecule has 13 nitrogen and oxygen atoms in total. The van der Waals surface area contributed by atoms with Crippen LogP contribution in [0.5, 0.6) is 51.7 Å². The van der Waals surface area contributed by atoms with Crippen molar-refractivity contribution in [3.63, 3.8) is 0 Å². The molecule has 0 bridgehead atoms. The topological polar surface area (TPSA) is 140 Å². The summed E-state index contributed by atoms with van der Waals surface area (Å²) in [6, 6.07) is 31.5. The number of rotatable bonds is 12. The molecule has 60 heavy (non-hydrogen) atoms. The minimum Gasteiger partial charge on any atom is -0.493 e. The average Bonchev–Trinajstić information content (AvgIpc) is 3.72. The smallest absolute Gasteiger partial charge is 0.412 e. The fourth-order valence-corrected chi connectivity index (χ4v) is 6.47. The molecule has 2 aromatic heterocycles. The van der Waals surface area contributed by atoms with Crippen molar-refractivity contribution in [1.29, 1.82) is 0 Å². The van der Waals surface area contributed by atoms with Crippen LogP contribution in [0.15, 0.2) is 122 Å². The molecule has 5 aromatic carbocycles. The lowest BCUT2D eigenvalue weighted by Gasteiger charge is -2.17. The Morgan fingerprint density at radius 1 is 0.650 bits per heavy atom. The van der Waals surface area contributed by atoms with E-state index < -0.39 is 11.9 Å². The molecular formula is C46H41FN4O9. The monoisotopic (exact) mass is 812 g/mol. The van der Waals surface area contributed by atoms with Crippen molar-refractivity contribution >= 4 is 39.5 Å². The summed E-state index contributed by atoms with van der Waals surface area (Å²) < 4.78 is 53.2. The van der Waals surface area contributed by atoms with Crippen LogP contribution in [0.4, 0.5) is 14.9 Å². The fourth-order valence-electron chi connectivity index (χ4n) is 6.47. The second-order valence-corrected chi connectivity index (χ2v) is 13.2. The first-order valence-corrected chi connectivity index (χ1v) is 18.8. The molecule has 1 saturated heterocycles. The maximum atomic E-state index is 14.7. The number of aromatic nitrogens is 2. The van der Waals surface area contributed by atoms with Gasteiger partial charge in [0.05, 0.1) is 39.5 Å². The Balaban J connectivity index is 0.000000183. The van der Waals surface area contributed by atoms with Crippen LogP contribution in [0.2, 0.25) is 0 Å². The molecule has 1 aliphatic rings. The second kappa shape index (κ2) is 18.8. The first-order valence-electron chi connectivity index (χ1n) is 18.8. The largest absolute Gasteiger partial charge is 0.493 e. The van der Waals surface area contributed by atoms with E-state index in [-0.39, 0.29) is 11.7 Å². The molecule has 1 aliphatic heterocycles. The van der Waals surface area contributed by atoms with Crippen LogP contribution in [-0.4, -0.2) is 57.0 Å². The predicted molar refractivity (Wildman–Crippen MR) is 224 cm³/mol. The number of anilines is 1. The Morgan fingerprint density at radius 3 is 1.77 bits per heavy atom. The highest BCUT2D eigenvalue weighted by molar-refractivity contribution is 5.95. The zero-order valence-electron chi connectivity index (χ0n) is 33.3. The minimum atomic E-state index is -0.539. The van der Waals surface area contributed by atoms with E-state index in [4.69, 9.17) is 33.2 Å². The molecule has 8 rings (SSSR count). The number of fused-ring (bicyclic) bond motifs is 2. The standard InChI is InChI=1S/C25H22N2O5.C21H19FN2O4/c1-29-23-14-20-21(15-24(23)30-2)26-13-12-22(20)31-18-8-10-19(11-9-18)32-25(28)27-16-17-6-4-3-5-7-17;1-26-19-11-14-16(12-20(19)27-2)23-8-7-17(14)28-18-6-5-13(10-15(18)22)24-9-3-4-21(24)25/h3-15H,16H2,1-2H3,(H,27,28);5-8,10-12H,3-4,9H2,1-2H3. The molecule has 1 fully saturated rings. The Hall–Kier alpha value is -7.61. The molecule has 306 valence electrons. The van der Waals surface area contributed by atoms with Gasteiger partial charge in [0.15, 0.2) is 34.6 Å². The first-order chi connectivity index (χ1) is 29.3. The lowest BCUT2D eigenvalue weighted by atomic mass is 10.1. The van der Waals surface area contributed by atoms with Crippen molar-refractivity contribution in [1.82, 2.24) is 15.3 Å². The summed E-state index contributed by atoms with van der Waals surface area (Å²) in [6.07, 6.45) is 4.00. The minimum absolute atomic E-state index is 0.00855. The van der Waals surface area contributed by atoms with Crippen LogP contribution in [0, 0.1) is 5.82 Å². The van der Waals surface area contributed by atoms with E-state index in [1.54, 1.807) is 106 Å². The van der Waals surface area contributed by atoms with E-state index >= 15 is 0 Å². The number of amides is 2. The van der Waals surface area contributed by atoms with Gasteiger partial charge in [0, 0.05) is 66.6 Å². The van der Waals surface area contributed by atoms with E-state index in [0.717, 1.165) is 22.9 Å². The Labute approximate surface area is 345 Å². The molecule has 2 amide bonds. The van der Waals surface area contributed by atoms with Crippen LogP contribution in [-0.2, 0) is 11.3 Å². The molecule has 0 spiro atoms. The molecule has 0 saturated carbocycles. The molecule has 0 atom stereocenters. The lowest BCUT2D eigenvalue weighted by Crippen LogP contribution is -2.26. The third-order valence-corrected chi connectivity index (χ3v) is 9.48. The van der Waals surface area contributed by atoms with Gasteiger partial charge in [0.1, 0.15) is 23.0 Å². The number of hydrogen-bond donors (Lipinski definition) is 1. The third-order valence-electron chi connectivity index (χ3n) is 9.48. The van der Waals surface area contributed by atoms with Crippen molar-refractivity contribution in [2.45, 2.75) is 19.4 Å². The second-order valence-electron chi connectivity index (χ2n) is 13.2. The van der Waals surface area contributed by atoms with Gasteiger partial charge < -0.3 is 43.4 Å². The Bertz CT molecular complexity index is 2630. The summed E-state index contributed by atoms with van der Waals surface area (Å²) in [5.74, 6) is 3.84. The van der Waals surface area contributed by atoms with E-state index in [1.807, 2.05) is 36.4 Å². The number of nitrogens with one attached hydrogen (secondary N) is 1. The highest BCUT2D eigenvalue weighted by atomic mass is 19.1. The quantitative estimate of drug-likeness (QED) is 0.126. The molecule has 3 heterocycles. The van der Waals surface area contributed by atoms with Crippen molar-refractivity contribution in [3.8, 4) is 51.7 Å². The summed E-state index contributed by atoms with van der Waals surface area (Å²) >= 11 is 0. The third kappa shape index (κ3) is 9.39. The molecule has 7 aromatic rings. The van der Waals surface area contributed by atoms with Crippen molar-refractivity contribution in [2.24, 2.45) is 0 Å². The van der Waals surface area contributed by atoms with Gasteiger partial charge in [-0.15, -0.1) is 0 Å². The predicted octanol–water partition coefficient (Wildman–Crippen LogP) is 9.64. The van der Waals surface area contributed by atoms with Crippen LogP contribution in [0.3, 0.4) is 0 Å². The van der Waals surface area contributed by atoms with Gasteiger partial charge in [0.2, 0.25) is 5.91 Å². The zero-order valence-corrected chi connectivity index (χ0v) is 33.3. The van der Waals surface area contributed by atoms with Gasteiger partial charge >= 0.3 is 6.09 Å². The number of nitrogens with zero attached hydrogens (tertiary/aromatic N) is 3. The Morgan fingerprint density at radius 2 is 1.22 bits per heavy atom. The summed E-state index contributed by atoms with van der Waals surface area (Å²) in [4.78, 5) is 34.2. The van der Waals surface area contributed by atoms with Crippen molar-refractivity contribution in [2.75, 3.05) is 39.9 Å². The normalized spacial score (nSPS) is 12.0. The molecule has 0 unspecified atom stereocenters. The zero-order chi connectivity index (χ0) is 42.0. The van der Waals surface area contributed by atoms with Gasteiger partial charge in [-0.3, -0.25) is 14.8 Å². The average molecular weight is 813 g/mol. The summed E-state index contributed by atoms with van der Waals surface area (Å²) in [5, 5.41) is 4.17. The molecule has 14 heteroatoms. The van der Waals surface area contributed by atoms with E-state index in [9.17, 15) is 14.0 Å². The number of pyridine rings is 2. The summed E-state index contributed by atoms with van der Waals surface area (Å²) in [6.45, 7) is 0.999. The molecular weight excluding hydrogens is 772 g/mol. The van der Waals surface area contributed by atoms with E-state index in [1.165, 1.54) is 12.1 Å². The number of carbonyl (C=O) groups excluding carboxylic acids is 2. The van der Waals surface area contributed by atoms with Gasteiger partial charge in [-0.25, -0.2) is 9.18 Å². The van der Waals surface area contributed by atoms with Gasteiger partial charge in [-0.05, 0) is 72.6 Å². The van der Waals surface area contributed by atoms with Crippen LogP contribution < -0.4 is 43.4 Å². The Kier molecular flexibility index (Phi) is 12.7. The number of halogens is 1. The molecule has 1 N–H and O–H groups in total. The number of methoxy groups -OCH3 is 4. The van der Waals surface area contributed by atoms with Crippen molar-refractivity contribution in [3.05, 3.63) is 133 Å². The van der Waals surface area contributed by atoms with Crippen molar-refractivity contribution < 1.29 is 47.1 Å². The van der Waals surface area contributed by atoms with E-state index in [0.29, 0.717) is 82.1 Å². The van der Waals surface area contributed by atoms with Crippen LogP contribution in [0.1, 0.15) is 18.4 Å². The highest BCUT2D eigenvalue weighted by Gasteiger charge is 2.23. The van der Waals surface area contributed by atoms with Gasteiger partial charge in [-0.1, -0.05) is 30.3 Å². The summed E-state index contributed by atoms with van der Waals surface area (Å²) in [5.41, 5.74) is 2.88. The lowest BCUT2D eigenvalue weighted by molar-refractivity contribution is -0.117. The maximum absolute atomic E-state index is 14.7. The van der Waals surface area contributed by atoms with Gasteiger partial charge in [0.25, 0.3) is 0 Å². The van der Waals surface area contributed by atoms with Crippen LogP contribution >= 0.6 is 0 Å². The maximum Gasteiger partial charge on any atom is 0.412 e. The van der Waals surface area contributed by atoms with Gasteiger partial charge in [-0.2, -0.15) is 0 Å². The van der Waals surface area contributed by atoms with Crippen LogP contribution in [0.25, 0.3) is 21.8 Å². The number of hydrogen-bond acceptors (Lipinski definition) is 11. The fraction of sp³-hybridized carbons (Fsp3) is 0.174. The molecule has 0 radical (unpaired) electrons.